The number of unbranched alkanes of at least 4 members (excludes halogenated alkanes) is 3. The Balaban J connectivity index is 2.23. The van der Waals surface area contributed by atoms with Crippen LogP contribution in [0.3, 0.4) is 0 Å². The number of aryl methyl sites for hydroxylation is 1. The van der Waals surface area contributed by atoms with E-state index in [1.807, 2.05) is 22.9 Å². The monoisotopic (exact) mass is 285 g/mol. The molecule has 0 amide bonds. The largest absolute Gasteiger partial charge is 0.383 e. The zero-order valence-electron chi connectivity index (χ0n) is 13.3. The lowest BCUT2D eigenvalue weighted by atomic mass is 10.0. The van der Waals surface area contributed by atoms with Gasteiger partial charge < -0.3 is 5.73 Å². The second-order valence-corrected chi connectivity index (χ2v) is 5.62. The Labute approximate surface area is 128 Å². The lowest BCUT2D eigenvalue weighted by Crippen LogP contribution is -2.02. The van der Waals surface area contributed by atoms with Crippen LogP contribution in [0.5, 0.6) is 0 Å². The Kier molecular flexibility index (Phi) is 5.85. The number of hydrogen-bond acceptors (Lipinski definition) is 2. The summed E-state index contributed by atoms with van der Waals surface area (Å²) in [6.45, 7) is 4.44. The minimum absolute atomic E-state index is 0.813. The van der Waals surface area contributed by atoms with Crippen LogP contribution in [0.1, 0.15) is 57.2 Å². The van der Waals surface area contributed by atoms with Crippen molar-refractivity contribution in [1.29, 1.82) is 0 Å². The first-order valence-corrected chi connectivity index (χ1v) is 8.19. The molecule has 2 N–H and O–H groups in total. The molecule has 0 saturated carbocycles. The summed E-state index contributed by atoms with van der Waals surface area (Å²) in [7, 11) is 0. The Morgan fingerprint density at radius 1 is 0.952 bits per heavy atom. The average molecular weight is 285 g/mol. The van der Waals surface area contributed by atoms with Crippen LogP contribution in [0.2, 0.25) is 0 Å². The van der Waals surface area contributed by atoms with E-state index in [1.165, 1.54) is 36.9 Å². The van der Waals surface area contributed by atoms with E-state index >= 15 is 0 Å². The summed E-state index contributed by atoms with van der Waals surface area (Å²) in [4.78, 5) is 0. The molecule has 0 spiro atoms. The van der Waals surface area contributed by atoms with Gasteiger partial charge in [-0.25, -0.2) is 4.68 Å². The average Bonchev–Trinajstić information content (AvgIpc) is 2.82. The number of nitrogens with two attached hydrogens (primary N) is 1. The summed E-state index contributed by atoms with van der Waals surface area (Å²) in [6, 6.07) is 10.2. The van der Waals surface area contributed by atoms with Crippen molar-refractivity contribution in [2.75, 3.05) is 5.73 Å². The molecule has 2 rings (SSSR count). The number of nitrogen functional groups attached to an aromatic ring is 1. The highest BCUT2D eigenvalue weighted by molar-refractivity contribution is 5.50. The fourth-order valence-electron chi connectivity index (χ4n) is 2.72. The van der Waals surface area contributed by atoms with Gasteiger partial charge in [-0.15, -0.1) is 0 Å². The van der Waals surface area contributed by atoms with Gasteiger partial charge in [-0.05, 0) is 31.4 Å². The minimum atomic E-state index is 0.813. The van der Waals surface area contributed by atoms with Gasteiger partial charge in [-0.3, -0.25) is 0 Å². The highest BCUT2D eigenvalue weighted by Crippen LogP contribution is 2.24. The Morgan fingerprint density at radius 3 is 2.38 bits per heavy atom. The molecular weight excluding hydrogens is 258 g/mol. The molecule has 0 bridgehead atoms. The van der Waals surface area contributed by atoms with Gasteiger partial charge in [0.2, 0.25) is 0 Å². The summed E-state index contributed by atoms with van der Waals surface area (Å²) in [6.07, 6.45) is 8.21. The summed E-state index contributed by atoms with van der Waals surface area (Å²) in [5, 5.41) is 4.79. The SMILES string of the molecule is CCCCCCc1nn(-c2ccccc2)c(N)c1CCC. The first-order chi connectivity index (χ1) is 10.3. The maximum atomic E-state index is 6.35. The van der Waals surface area contributed by atoms with Crippen molar-refractivity contribution in [3.63, 3.8) is 0 Å². The van der Waals surface area contributed by atoms with E-state index in [0.717, 1.165) is 30.8 Å². The number of nitrogens with zero attached hydrogens (tertiary/aromatic N) is 2. The van der Waals surface area contributed by atoms with E-state index in [2.05, 4.69) is 26.0 Å². The zero-order chi connectivity index (χ0) is 15.1. The number of aromatic nitrogens is 2. The number of hydrogen-bond donors (Lipinski definition) is 1. The molecule has 2 aromatic rings. The number of rotatable bonds is 8. The van der Waals surface area contributed by atoms with Gasteiger partial charge >= 0.3 is 0 Å². The Bertz CT molecular complexity index is 543. The van der Waals surface area contributed by atoms with E-state index in [1.54, 1.807) is 0 Å². The smallest absolute Gasteiger partial charge is 0.130 e. The summed E-state index contributed by atoms with van der Waals surface area (Å²) >= 11 is 0. The lowest BCUT2D eigenvalue weighted by molar-refractivity contribution is 0.653. The molecule has 3 nitrogen and oxygen atoms in total. The van der Waals surface area contributed by atoms with Crippen molar-refractivity contribution in [3.8, 4) is 5.69 Å². The topological polar surface area (TPSA) is 43.8 Å². The summed E-state index contributed by atoms with van der Waals surface area (Å²) < 4.78 is 1.90. The van der Waals surface area contributed by atoms with Crippen molar-refractivity contribution in [2.45, 2.75) is 58.8 Å². The normalized spacial score (nSPS) is 11.0. The van der Waals surface area contributed by atoms with E-state index < -0.39 is 0 Å². The van der Waals surface area contributed by atoms with Crippen LogP contribution in [0.15, 0.2) is 30.3 Å². The molecule has 114 valence electrons. The van der Waals surface area contributed by atoms with E-state index in [0.29, 0.717) is 0 Å². The molecule has 0 atom stereocenters. The second-order valence-electron chi connectivity index (χ2n) is 5.62. The molecule has 1 aromatic heterocycles. The third kappa shape index (κ3) is 3.87. The van der Waals surface area contributed by atoms with Crippen LogP contribution >= 0.6 is 0 Å². The molecule has 0 aliphatic rings. The van der Waals surface area contributed by atoms with Gasteiger partial charge in [0, 0.05) is 5.56 Å². The zero-order valence-corrected chi connectivity index (χ0v) is 13.3. The van der Waals surface area contributed by atoms with Crippen LogP contribution in [-0.2, 0) is 12.8 Å². The first-order valence-electron chi connectivity index (χ1n) is 8.19. The highest BCUT2D eigenvalue weighted by Gasteiger charge is 2.15. The Morgan fingerprint density at radius 2 is 1.71 bits per heavy atom. The van der Waals surface area contributed by atoms with Crippen molar-refractivity contribution in [2.24, 2.45) is 0 Å². The molecule has 3 heteroatoms. The summed E-state index contributed by atoms with van der Waals surface area (Å²) in [5.74, 6) is 0.813. The molecule has 0 fully saturated rings. The quantitative estimate of drug-likeness (QED) is 0.724. The van der Waals surface area contributed by atoms with Gasteiger partial charge in [0.25, 0.3) is 0 Å². The van der Waals surface area contributed by atoms with E-state index in [4.69, 9.17) is 10.8 Å². The van der Waals surface area contributed by atoms with Crippen molar-refractivity contribution in [1.82, 2.24) is 9.78 Å². The maximum Gasteiger partial charge on any atom is 0.130 e. The van der Waals surface area contributed by atoms with Crippen LogP contribution in [0, 0.1) is 0 Å². The van der Waals surface area contributed by atoms with Crippen molar-refractivity contribution >= 4 is 5.82 Å². The van der Waals surface area contributed by atoms with Crippen molar-refractivity contribution in [3.05, 3.63) is 41.6 Å². The maximum absolute atomic E-state index is 6.35. The first kappa shape index (κ1) is 15.6. The predicted molar refractivity (Wildman–Crippen MR) is 89.8 cm³/mol. The van der Waals surface area contributed by atoms with Gasteiger partial charge in [-0.1, -0.05) is 57.7 Å². The van der Waals surface area contributed by atoms with Crippen molar-refractivity contribution < 1.29 is 0 Å². The number of benzene rings is 1. The molecule has 21 heavy (non-hydrogen) atoms. The van der Waals surface area contributed by atoms with Crippen LogP contribution < -0.4 is 5.73 Å². The van der Waals surface area contributed by atoms with Crippen LogP contribution in [0.4, 0.5) is 5.82 Å². The molecule has 0 radical (unpaired) electrons. The van der Waals surface area contributed by atoms with Crippen LogP contribution in [0.25, 0.3) is 5.69 Å². The molecule has 0 unspecified atom stereocenters. The predicted octanol–water partition coefficient (Wildman–Crippen LogP) is 4.53. The second kappa shape index (κ2) is 7.87. The third-order valence-corrected chi connectivity index (χ3v) is 3.87. The van der Waals surface area contributed by atoms with E-state index in [9.17, 15) is 0 Å². The van der Waals surface area contributed by atoms with E-state index in [-0.39, 0.29) is 0 Å². The van der Waals surface area contributed by atoms with Gasteiger partial charge in [-0.2, -0.15) is 5.10 Å². The fourth-order valence-corrected chi connectivity index (χ4v) is 2.72. The number of para-hydroxylation sites is 1. The highest BCUT2D eigenvalue weighted by atomic mass is 15.3. The standard InChI is InChI=1S/C18H27N3/c1-3-5-6-10-14-17-16(11-4-2)18(19)21(20-17)15-12-8-7-9-13-15/h7-9,12-13H,3-6,10-11,14,19H2,1-2H3. The molecule has 0 aliphatic carbocycles. The molecule has 0 aliphatic heterocycles. The summed E-state index contributed by atoms with van der Waals surface area (Å²) in [5.41, 5.74) is 9.84. The molecule has 1 heterocycles. The third-order valence-electron chi connectivity index (χ3n) is 3.87. The van der Waals surface area contributed by atoms with Gasteiger partial charge in [0.15, 0.2) is 0 Å². The van der Waals surface area contributed by atoms with Gasteiger partial charge in [0.1, 0.15) is 5.82 Å². The van der Waals surface area contributed by atoms with Crippen LogP contribution in [-0.4, -0.2) is 9.78 Å². The molecule has 1 aromatic carbocycles. The molecule has 0 saturated heterocycles. The van der Waals surface area contributed by atoms with Gasteiger partial charge in [0.05, 0.1) is 11.4 Å². The Hall–Kier alpha value is -1.77. The number of anilines is 1. The molecular formula is C18H27N3. The minimum Gasteiger partial charge on any atom is -0.383 e. The lowest BCUT2D eigenvalue weighted by Gasteiger charge is -2.04. The fraction of sp³-hybridized carbons (Fsp3) is 0.500.